The first kappa shape index (κ1) is 13.3. The van der Waals surface area contributed by atoms with Gasteiger partial charge in [-0.05, 0) is 32.4 Å². The van der Waals surface area contributed by atoms with Gasteiger partial charge in [-0.2, -0.15) is 5.10 Å². The van der Waals surface area contributed by atoms with Crippen LogP contribution in [0.5, 0.6) is 0 Å². The highest BCUT2D eigenvalue weighted by Gasteiger charge is 2.44. The molecular weight excluding hydrogens is 262 g/mol. The van der Waals surface area contributed by atoms with E-state index in [4.69, 9.17) is 9.84 Å². The van der Waals surface area contributed by atoms with Gasteiger partial charge in [-0.25, -0.2) is 0 Å². The van der Waals surface area contributed by atoms with Gasteiger partial charge in [0.1, 0.15) is 0 Å². The van der Waals surface area contributed by atoms with E-state index in [-0.39, 0.29) is 0 Å². The molecule has 2 aliphatic rings. The van der Waals surface area contributed by atoms with Crippen LogP contribution in [-0.4, -0.2) is 35.1 Å². The van der Waals surface area contributed by atoms with Crippen LogP contribution in [0.25, 0.3) is 10.9 Å². The molecule has 0 saturated carbocycles. The van der Waals surface area contributed by atoms with E-state index in [0.717, 1.165) is 6.42 Å². The summed E-state index contributed by atoms with van der Waals surface area (Å²) in [5.74, 6) is 0.634. The Morgan fingerprint density at radius 2 is 2.24 bits per heavy atom. The van der Waals surface area contributed by atoms with Crippen molar-refractivity contribution in [2.75, 3.05) is 7.05 Å². The molecule has 2 bridgehead atoms. The molecule has 112 valence electrons. The fourth-order valence-corrected chi connectivity index (χ4v) is 4.22. The summed E-state index contributed by atoms with van der Waals surface area (Å²) in [5, 5.41) is 9.55. The number of fused-ring (bicyclic) bond motifs is 3. The summed E-state index contributed by atoms with van der Waals surface area (Å²) in [7, 11) is 4.10. The van der Waals surface area contributed by atoms with Gasteiger partial charge in [0, 0.05) is 30.8 Å². The smallest absolute Gasteiger partial charge is 0.0718 e. The summed E-state index contributed by atoms with van der Waals surface area (Å²) >= 11 is 0. The van der Waals surface area contributed by atoms with E-state index < -0.39 is 0 Å². The molecule has 4 unspecified atom stereocenters. The van der Waals surface area contributed by atoms with Crippen LogP contribution in [0.1, 0.15) is 25.0 Å². The molecule has 2 fully saturated rings. The fraction of sp³-hybridized carbons (Fsp3) is 0.588. The third-order valence-electron chi connectivity index (χ3n) is 5.29. The summed E-state index contributed by atoms with van der Waals surface area (Å²) in [5.41, 5.74) is 2.42. The average Bonchev–Trinajstić information content (AvgIpc) is 3.20. The van der Waals surface area contributed by atoms with Crippen LogP contribution >= 0.6 is 0 Å². The maximum absolute atomic E-state index is 6.03. The topological polar surface area (TPSA) is 39.1 Å². The van der Waals surface area contributed by atoms with E-state index in [9.17, 15) is 0 Å². The zero-order valence-electron chi connectivity index (χ0n) is 12.7. The number of aromatic nitrogens is 2. The van der Waals surface area contributed by atoms with Crippen molar-refractivity contribution in [3.05, 3.63) is 30.0 Å². The van der Waals surface area contributed by atoms with E-state index in [1.165, 1.54) is 35.9 Å². The third-order valence-corrected chi connectivity index (χ3v) is 5.29. The minimum absolute atomic E-state index is 0.457. The first-order valence-corrected chi connectivity index (χ1v) is 7.99. The molecule has 0 spiro atoms. The van der Waals surface area contributed by atoms with Gasteiger partial charge < -0.3 is 10.1 Å². The predicted molar refractivity (Wildman–Crippen MR) is 83.3 cm³/mol. The Labute approximate surface area is 125 Å². The Bertz CT molecular complexity index is 651. The number of ether oxygens (including phenoxy) is 1. The maximum Gasteiger partial charge on any atom is 0.0718 e. The zero-order chi connectivity index (χ0) is 14.4. The Hall–Kier alpha value is -1.39. The molecule has 0 radical (unpaired) electrons. The van der Waals surface area contributed by atoms with Crippen molar-refractivity contribution in [2.24, 2.45) is 13.0 Å². The zero-order valence-corrected chi connectivity index (χ0v) is 12.7. The Balaban J connectivity index is 1.61. The molecule has 1 aromatic carbocycles. The predicted octanol–water partition coefficient (Wildman–Crippen LogP) is 2.27. The van der Waals surface area contributed by atoms with Gasteiger partial charge >= 0.3 is 0 Å². The van der Waals surface area contributed by atoms with Crippen LogP contribution in [0.15, 0.2) is 24.3 Å². The highest BCUT2D eigenvalue weighted by Crippen LogP contribution is 2.41. The summed E-state index contributed by atoms with van der Waals surface area (Å²) < 4.78 is 8.03. The van der Waals surface area contributed by atoms with E-state index in [1.54, 1.807) is 0 Å². The van der Waals surface area contributed by atoms with Gasteiger partial charge in [-0.3, -0.25) is 4.68 Å². The van der Waals surface area contributed by atoms with Crippen molar-refractivity contribution in [1.29, 1.82) is 0 Å². The molecule has 4 heteroatoms. The Morgan fingerprint density at radius 3 is 2.95 bits per heavy atom. The molecule has 0 amide bonds. The van der Waals surface area contributed by atoms with Crippen molar-refractivity contribution in [1.82, 2.24) is 15.1 Å². The van der Waals surface area contributed by atoms with Crippen LogP contribution < -0.4 is 5.32 Å². The molecule has 1 aromatic heterocycles. The fourth-order valence-electron chi connectivity index (χ4n) is 4.22. The lowest BCUT2D eigenvalue weighted by atomic mass is 9.82. The standard InChI is InChI=1S/C17H23N3O/c1-18-14(13-9-11-7-8-17(13)21-11)10-15-12-5-3-4-6-16(12)20(2)19-15/h3-6,11,13-14,17-18H,7-10H2,1-2H3. The number of aryl methyl sites for hydroxylation is 1. The summed E-state index contributed by atoms with van der Waals surface area (Å²) in [6.07, 6.45) is 5.65. The van der Waals surface area contributed by atoms with E-state index >= 15 is 0 Å². The molecule has 4 atom stereocenters. The van der Waals surface area contributed by atoms with Crippen LogP contribution in [0, 0.1) is 5.92 Å². The first-order valence-electron chi connectivity index (χ1n) is 7.99. The second-order valence-corrected chi connectivity index (χ2v) is 6.46. The third kappa shape index (κ3) is 2.17. The lowest BCUT2D eigenvalue weighted by Crippen LogP contribution is -2.40. The van der Waals surface area contributed by atoms with Gasteiger partial charge in [0.15, 0.2) is 0 Å². The SMILES string of the molecule is CNC(Cc1nn(C)c2ccccc12)C1CC2CCC1O2. The van der Waals surface area contributed by atoms with Crippen molar-refractivity contribution in [2.45, 2.75) is 43.9 Å². The number of hydrogen-bond acceptors (Lipinski definition) is 3. The van der Waals surface area contributed by atoms with Gasteiger partial charge in [-0.15, -0.1) is 0 Å². The van der Waals surface area contributed by atoms with E-state index in [0.29, 0.717) is 24.2 Å². The monoisotopic (exact) mass is 285 g/mol. The second-order valence-electron chi connectivity index (χ2n) is 6.46. The first-order chi connectivity index (χ1) is 10.3. The van der Waals surface area contributed by atoms with Crippen LogP contribution in [0.2, 0.25) is 0 Å². The minimum atomic E-state index is 0.457. The van der Waals surface area contributed by atoms with Gasteiger partial charge in [-0.1, -0.05) is 18.2 Å². The normalized spacial score (nSPS) is 29.3. The molecule has 21 heavy (non-hydrogen) atoms. The van der Waals surface area contributed by atoms with Crippen LogP contribution in [0.4, 0.5) is 0 Å². The number of rotatable bonds is 4. The number of hydrogen-bond donors (Lipinski definition) is 1. The lowest BCUT2D eigenvalue weighted by molar-refractivity contribution is 0.0863. The summed E-state index contributed by atoms with van der Waals surface area (Å²) in [6.45, 7) is 0. The van der Waals surface area contributed by atoms with Crippen molar-refractivity contribution >= 4 is 10.9 Å². The molecular formula is C17H23N3O. The quantitative estimate of drug-likeness (QED) is 0.936. The number of nitrogens with one attached hydrogen (secondary N) is 1. The van der Waals surface area contributed by atoms with Gasteiger partial charge in [0.25, 0.3) is 0 Å². The Morgan fingerprint density at radius 1 is 1.38 bits per heavy atom. The number of benzene rings is 1. The summed E-state index contributed by atoms with van der Waals surface area (Å²) in [6, 6.07) is 8.96. The molecule has 2 aliphatic heterocycles. The van der Waals surface area contributed by atoms with Crippen molar-refractivity contribution in [3.8, 4) is 0 Å². The number of likely N-dealkylation sites (N-methyl/N-ethyl adjacent to an activating group) is 1. The van der Waals surface area contributed by atoms with Gasteiger partial charge in [0.05, 0.1) is 23.4 Å². The van der Waals surface area contributed by atoms with E-state index in [2.05, 4.69) is 36.6 Å². The van der Waals surface area contributed by atoms with Crippen LogP contribution in [0.3, 0.4) is 0 Å². The Kier molecular flexibility index (Phi) is 3.23. The molecule has 1 N–H and O–H groups in total. The highest BCUT2D eigenvalue weighted by atomic mass is 16.5. The molecule has 2 aromatic rings. The summed E-state index contributed by atoms with van der Waals surface area (Å²) in [4.78, 5) is 0. The van der Waals surface area contributed by atoms with Crippen LogP contribution in [-0.2, 0) is 18.2 Å². The highest BCUT2D eigenvalue weighted by molar-refractivity contribution is 5.81. The average molecular weight is 285 g/mol. The molecule has 4 rings (SSSR count). The molecule has 4 nitrogen and oxygen atoms in total. The largest absolute Gasteiger partial charge is 0.375 e. The van der Waals surface area contributed by atoms with Crippen molar-refractivity contribution < 1.29 is 4.74 Å². The second kappa shape index (κ2) is 5.11. The van der Waals surface area contributed by atoms with E-state index in [1.807, 2.05) is 11.7 Å². The molecule has 3 heterocycles. The molecule has 0 aliphatic carbocycles. The van der Waals surface area contributed by atoms with Crippen molar-refractivity contribution in [3.63, 3.8) is 0 Å². The molecule has 2 saturated heterocycles. The lowest BCUT2D eigenvalue weighted by Gasteiger charge is -2.27. The number of para-hydroxylation sites is 1. The number of nitrogens with zero attached hydrogens (tertiary/aromatic N) is 2. The minimum Gasteiger partial charge on any atom is -0.375 e. The van der Waals surface area contributed by atoms with Gasteiger partial charge in [0.2, 0.25) is 0 Å². The maximum atomic E-state index is 6.03.